The SMILES string of the molecule is Cc1ccc(CC(=O)N2CCN(C(=O)CC(C)C)CC2)cc1. The highest BCUT2D eigenvalue weighted by Crippen LogP contribution is 2.11. The van der Waals surface area contributed by atoms with Crippen LogP contribution in [0.1, 0.15) is 31.4 Å². The summed E-state index contributed by atoms with van der Waals surface area (Å²) in [5.74, 6) is 0.745. The van der Waals surface area contributed by atoms with Gasteiger partial charge < -0.3 is 9.80 Å². The molecule has 0 unspecified atom stereocenters. The molecule has 2 rings (SSSR count). The van der Waals surface area contributed by atoms with Gasteiger partial charge in [-0.1, -0.05) is 43.7 Å². The Bertz CT molecular complexity index is 514. The van der Waals surface area contributed by atoms with E-state index in [1.165, 1.54) is 5.56 Å². The van der Waals surface area contributed by atoms with Crippen LogP contribution in [-0.2, 0) is 16.0 Å². The number of carbonyl (C=O) groups excluding carboxylic acids is 2. The number of aryl methyl sites for hydroxylation is 1. The van der Waals surface area contributed by atoms with Crippen LogP contribution in [-0.4, -0.2) is 47.8 Å². The van der Waals surface area contributed by atoms with Crippen LogP contribution in [0.4, 0.5) is 0 Å². The standard InChI is InChI=1S/C18H26N2O2/c1-14(2)12-17(21)19-8-10-20(11-9-19)18(22)13-16-6-4-15(3)5-7-16/h4-7,14H,8-13H2,1-3H3. The van der Waals surface area contributed by atoms with E-state index in [0.717, 1.165) is 5.56 Å². The highest BCUT2D eigenvalue weighted by atomic mass is 16.2. The largest absolute Gasteiger partial charge is 0.339 e. The summed E-state index contributed by atoms with van der Waals surface area (Å²) in [5, 5.41) is 0. The van der Waals surface area contributed by atoms with Gasteiger partial charge in [0.25, 0.3) is 0 Å². The number of piperazine rings is 1. The summed E-state index contributed by atoms with van der Waals surface area (Å²) in [5.41, 5.74) is 2.25. The van der Waals surface area contributed by atoms with Crippen LogP contribution < -0.4 is 0 Å². The quantitative estimate of drug-likeness (QED) is 0.856. The Morgan fingerprint density at radius 3 is 1.95 bits per heavy atom. The van der Waals surface area contributed by atoms with Gasteiger partial charge in [-0.3, -0.25) is 9.59 Å². The molecule has 4 nitrogen and oxygen atoms in total. The first kappa shape index (κ1) is 16.5. The smallest absolute Gasteiger partial charge is 0.227 e. The first-order valence-corrected chi connectivity index (χ1v) is 8.07. The van der Waals surface area contributed by atoms with Crippen molar-refractivity contribution < 1.29 is 9.59 Å². The highest BCUT2D eigenvalue weighted by molar-refractivity contribution is 5.80. The molecule has 0 aromatic heterocycles. The van der Waals surface area contributed by atoms with Gasteiger partial charge in [0.05, 0.1) is 6.42 Å². The molecule has 0 saturated carbocycles. The number of amides is 2. The molecule has 1 fully saturated rings. The topological polar surface area (TPSA) is 40.6 Å². The van der Waals surface area contributed by atoms with E-state index in [1.807, 2.05) is 41.0 Å². The average Bonchev–Trinajstić information content (AvgIpc) is 2.49. The maximum Gasteiger partial charge on any atom is 0.227 e. The van der Waals surface area contributed by atoms with Crippen molar-refractivity contribution in [3.8, 4) is 0 Å². The third kappa shape index (κ3) is 4.58. The first-order chi connectivity index (χ1) is 10.5. The van der Waals surface area contributed by atoms with E-state index < -0.39 is 0 Å². The van der Waals surface area contributed by atoms with E-state index in [4.69, 9.17) is 0 Å². The van der Waals surface area contributed by atoms with Crippen LogP contribution in [0.3, 0.4) is 0 Å². The molecule has 0 spiro atoms. The lowest BCUT2D eigenvalue weighted by Gasteiger charge is -2.35. The number of hydrogen-bond acceptors (Lipinski definition) is 2. The molecule has 0 N–H and O–H groups in total. The van der Waals surface area contributed by atoms with Crippen molar-refractivity contribution in [1.82, 2.24) is 9.80 Å². The summed E-state index contributed by atoms with van der Waals surface area (Å²) in [6.07, 6.45) is 1.04. The predicted octanol–water partition coefficient (Wildman–Crippen LogP) is 2.25. The minimum Gasteiger partial charge on any atom is -0.339 e. The molecule has 22 heavy (non-hydrogen) atoms. The lowest BCUT2D eigenvalue weighted by Crippen LogP contribution is -2.51. The molecule has 0 atom stereocenters. The second kappa shape index (κ2) is 7.43. The van der Waals surface area contributed by atoms with Gasteiger partial charge in [-0.15, -0.1) is 0 Å². The third-order valence-electron chi connectivity index (χ3n) is 4.04. The molecule has 0 aliphatic carbocycles. The lowest BCUT2D eigenvalue weighted by atomic mass is 10.1. The number of hydrogen-bond donors (Lipinski definition) is 0. The van der Waals surface area contributed by atoms with E-state index in [1.54, 1.807) is 0 Å². The molecule has 1 aliphatic heterocycles. The molecule has 120 valence electrons. The van der Waals surface area contributed by atoms with Gasteiger partial charge in [0, 0.05) is 32.6 Å². The molecular weight excluding hydrogens is 276 g/mol. The van der Waals surface area contributed by atoms with Crippen molar-refractivity contribution >= 4 is 11.8 Å². The number of nitrogens with zero attached hydrogens (tertiary/aromatic N) is 2. The van der Waals surface area contributed by atoms with Gasteiger partial charge >= 0.3 is 0 Å². The Hall–Kier alpha value is -1.84. The van der Waals surface area contributed by atoms with Crippen LogP contribution in [0.5, 0.6) is 0 Å². The monoisotopic (exact) mass is 302 g/mol. The molecule has 1 aliphatic rings. The molecule has 1 heterocycles. The van der Waals surface area contributed by atoms with E-state index in [9.17, 15) is 9.59 Å². The van der Waals surface area contributed by atoms with Crippen molar-refractivity contribution in [2.45, 2.75) is 33.6 Å². The zero-order valence-electron chi connectivity index (χ0n) is 13.8. The van der Waals surface area contributed by atoms with Crippen LogP contribution in [0.25, 0.3) is 0 Å². The highest BCUT2D eigenvalue weighted by Gasteiger charge is 2.24. The Balaban J connectivity index is 1.82. The van der Waals surface area contributed by atoms with Crippen molar-refractivity contribution in [3.63, 3.8) is 0 Å². The normalized spacial score (nSPS) is 15.3. The molecule has 0 radical (unpaired) electrons. The average molecular weight is 302 g/mol. The van der Waals surface area contributed by atoms with Gasteiger partial charge in [0.1, 0.15) is 0 Å². The van der Waals surface area contributed by atoms with Crippen molar-refractivity contribution in [2.75, 3.05) is 26.2 Å². The maximum absolute atomic E-state index is 12.3. The summed E-state index contributed by atoms with van der Waals surface area (Å²) in [6.45, 7) is 8.76. The third-order valence-corrected chi connectivity index (χ3v) is 4.04. The lowest BCUT2D eigenvalue weighted by molar-refractivity contribution is -0.139. The van der Waals surface area contributed by atoms with Crippen molar-refractivity contribution in [2.24, 2.45) is 5.92 Å². The zero-order chi connectivity index (χ0) is 16.1. The van der Waals surface area contributed by atoms with Gasteiger partial charge in [0.2, 0.25) is 11.8 Å². The molecule has 0 bridgehead atoms. The number of rotatable bonds is 4. The second-order valence-corrected chi connectivity index (χ2v) is 6.52. The molecule has 1 saturated heterocycles. The summed E-state index contributed by atoms with van der Waals surface area (Å²) in [6, 6.07) is 8.08. The minimum atomic E-state index is 0.153. The predicted molar refractivity (Wildman–Crippen MR) is 87.5 cm³/mol. The fraction of sp³-hybridized carbons (Fsp3) is 0.556. The first-order valence-electron chi connectivity index (χ1n) is 8.07. The van der Waals surface area contributed by atoms with Crippen LogP contribution in [0.15, 0.2) is 24.3 Å². The molecule has 2 amide bonds. The Morgan fingerprint density at radius 2 is 1.45 bits per heavy atom. The van der Waals surface area contributed by atoms with Gasteiger partial charge in [0.15, 0.2) is 0 Å². The molecule has 1 aromatic rings. The number of carbonyl (C=O) groups is 2. The van der Waals surface area contributed by atoms with E-state index >= 15 is 0 Å². The minimum absolute atomic E-state index is 0.153. The van der Waals surface area contributed by atoms with Crippen LogP contribution in [0, 0.1) is 12.8 Å². The fourth-order valence-electron chi connectivity index (χ4n) is 2.68. The second-order valence-electron chi connectivity index (χ2n) is 6.52. The summed E-state index contributed by atoms with van der Waals surface area (Å²) < 4.78 is 0. The van der Waals surface area contributed by atoms with Gasteiger partial charge in [-0.05, 0) is 18.4 Å². The van der Waals surface area contributed by atoms with Crippen molar-refractivity contribution in [3.05, 3.63) is 35.4 Å². The maximum atomic E-state index is 12.3. The van der Waals surface area contributed by atoms with E-state index in [0.29, 0.717) is 44.9 Å². The summed E-state index contributed by atoms with van der Waals surface area (Å²) in [7, 11) is 0. The van der Waals surface area contributed by atoms with Gasteiger partial charge in [-0.25, -0.2) is 0 Å². The molecule has 1 aromatic carbocycles. The summed E-state index contributed by atoms with van der Waals surface area (Å²) in [4.78, 5) is 28.1. The Morgan fingerprint density at radius 1 is 0.955 bits per heavy atom. The van der Waals surface area contributed by atoms with Crippen LogP contribution >= 0.6 is 0 Å². The fourth-order valence-corrected chi connectivity index (χ4v) is 2.68. The Labute approximate surface area is 133 Å². The molecule has 4 heteroatoms. The van der Waals surface area contributed by atoms with Crippen LogP contribution in [0.2, 0.25) is 0 Å². The zero-order valence-corrected chi connectivity index (χ0v) is 13.8. The molecular formula is C18H26N2O2. The number of benzene rings is 1. The van der Waals surface area contributed by atoms with Crippen molar-refractivity contribution in [1.29, 1.82) is 0 Å². The van der Waals surface area contributed by atoms with Gasteiger partial charge in [-0.2, -0.15) is 0 Å². The van der Waals surface area contributed by atoms with E-state index in [2.05, 4.69) is 13.8 Å². The summed E-state index contributed by atoms with van der Waals surface area (Å²) >= 11 is 0. The Kier molecular flexibility index (Phi) is 5.58. The van der Waals surface area contributed by atoms with E-state index in [-0.39, 0.29) is 11.8 Å².